The smallest absolute Gasteiger partial charge is 0.253 e. The van der Waals surface area contributed by atoms with Gasteiger partial charge in [-0.15, -0.1) is 0 Å². The topological polar surface area (TPSA) is 58.6 Å². The van der Waals surface area contributed by atoms with E-state index in [9.17, 15) is 9.59 Å². The fourth-order valence-corrected chi connectivity index (χ4v) is 3.90. The van der Waals surface area contributed by atoms with Crippen LogP contribution in [0.15, 0.2) is 78.9 Å². The highest BCUT2D eigenvalue weighted by atomic mass is 16.5. The first-order valence-electron chi connectivity index (χ1n) is 10.5. The number of hydrogen-bond donors (Lipinski definition) is 1. The Kier molecular flexibility index (Phi) is 6.32. The minimum Gasteiger partial charge on any atom is -0.497 e. The summed E-state index contributed by atoms with van der Waals surface area (Å²) in [5.74, 6) is 0.524. The molecule has 1 N–H and O–H groups in total. The molecule has 1 heterocycles. The molecular formula is C26H26N2O3. The van der Waals surface area contributed by atoms with E-state index in [1.165, 1.54) is 0 Å². The number of nitrogens with zero attached hydrogens (tertiary/aromatic N) is 1. The Balaban J connectivity index is 1.46. The van der Waals surface area contributed by atoms with Crippen LogP contribution in [0.2, 0.25) is 0 Å². The van der Waals surface area contributed by atoms with Crippen molar-refractivity contribution in [2.45, 2.75) is 6.42 Å². The van der Waals surface area contributed by atoms with E-state index in [0.717, 1.165) is 22.4 Å². The molecule has 4 rings (SSSR count). The number of nitrogens with one attached hydrogen (secondary N) is 1. The van der Waals surface area contributed by atoms with Gasteiger partial charge in [0.15, 0.2) is 0 Å². The predicted molar refractivity (Wildman–Crippen MR) is 121 cm³/mol. The summed E-state index contributed by atoms with van der Waals surface area (Å²) in [6, 6.07) is 25.4. The molecule has 1 fully saturated rings. The van der Waals surface area contributed by atoms with Crippen LogP contribution in [-0.2, 0) is 11.2 Å². The summed E-state index contributed by atoms with van der Waals surface area (Å²) in [6.07, 6.45) is 0.591. The van der Waals surface area contributed by atoms with E-state index in [-0.39, 0.29) is 17.7 Å². The van der Waals surface area contributed by atoms with Crippen molar-refractivity contribution in [1.29, 1.82) is 0 Å². The third-order valence-corrected chi connectivity index (χ3v) is 5.66. The molecule has 0 bridgehead atoms. The van der Waals surface area contributed by atoms with Gasteiger partial charge in [0.05, 0.1) is 13.0 Å². The number of amides is 2. The van der Waals surface area contributed by atoms with E-state index in [1.807, 2.05) is 54.6 Å². The largest absolute Gasteiger partial charge is 0.497 e. The van der Waals surface area contributed by atoms with Gasteiger partial charge in [0.1, 0.15) is 5.75 Å². The lowest BCUT2D eigenvalue weighted by Crippen LogP contribution is -2.37. The average Bonchev–Trinajstić information content (AvgIpc) is 3.01. The van der Waals surface area contributed by atoms with Gasteiger partial charge in [-0.2, -0.15) is 0 Å². The van der Waals surface area contributed by atoms with Gasteiger partial charge in [0.25, 0.3) is 5.91 Å². The molecule has 3 aromatic carbocycles. The minimum atomic E-state index is -0.276. The maximum absolute atomic E-state index is 12.9. The highest BCUT2D eigenvalue weighted by Gasteiger charge is 2.28. The molecule has 1 aliphatic rings. The number of rotatable bonds is 5. The second kappa shape index (κ2) is 9.47. The second-order valence-corrected chi connectivity index (χ2v) is 7.73. The number of hydrogen-bond acceptors (Lipinski definition) is 3. The van der Waals surface area contributed by atoms with Crippen molar-refractivity contribution in [1.82, 2.24) is 10.2 Å². The summed E-state index contributed by atoms with van der Waals surface area (Å²) >= 11 is 0. The zero-order chi connectivity index (χ0) is 21.6. The standard InChI is InChI=1S/C26H26N2O3/c1-31-24-13-11-21(12-14-24)20-9-7-19(8-10-20)17-23-18-28(16-15-27-25(23)29)26(30)22-5-3-2-4-6-22/h2-14,23H,15-18H2,1H3,(H,27,29)/t23-/m0/s1. The lowest BCUT2D eigenvalue weighted by molar-refractivity contribution is -0.124. The Morgan fingerprint density at radius 2 is 1.61 bits per heavy atom. The molecule has 1 aliphatic heterocycles. The van der Waals surface area contributed by atoms with Gasteiger partial charge in [-0.3, -0.25) is 9.59 Å². The van der Waals surface area contributed by atoms with Crippen LogP contribution in [0.1, 0.15) is 15.9 Å². The molecule has 5 heteroatoms. The maximum atomic E-state index is 12.9. The molecule has 0 aromatic heterocycles. The summed E-state index contributed by atoms with van der Waals surface area (Å²) in [5.41, 5.74) is 3.95. The number of benzene rings is 3. The van der Waals surface area contributed by atoms with Crippen LogP contribution >= 0.6 is 0 Å². The van der Waals surface area contributed by atoms with Crippen LogP contribution in [0.25, 0.3) is 11.1 Å². The number of carbonyl (C=O) groups excluding carboxylic acids is 2. The molecule has 3 aromatic rings. The van der Waals surface area contributed by atoms with Crippen molar-refractivity contribution in [3.63, 3.8) is 0 Å². The Hall–Kier alpha value is -3.60. The lowest BCUT2D eigenvalue weighted by Gasteiger charge is -2.23. The maximum Gasteiger partial charge on any atom is 0.253 e. The molecule has 0 unspecified atom stereocenters. The minimum absolute atomic E-state index is 0.00240. The van der Waals surface area contributed by atoms with Crippen LogP contribution in [0.3, 0.4) is 0 Å². The predicted octanol–water partition coefficient (Wildman–Crippen LogP) is 3.79. The third-order valence-electron chi connectivity index (χ3n) is 5.66. The van der Waals surface area contributed by atoms with Crippen molar-refractivity contribution in [2.75, 3.05) is 26.7 Å². The van der Waals surface area contributed by atoms with Crippen LogP contribution in [0.5, 0.6) is 5.75 Å². The monoisotopic (exact) mass is 414 g/mol. The van der Waals surface area contributed by atoms with Gasteiger partial charge in [-0.25, -0.2) is 0 Å². The van der Waals surface area contributed by atoms with Crippen LogP contribution < -0.4 is 10.1 Å². The first-order chi connectivity index (χ1) is 15.1. The quantitative estimate of drug-likeness (QED) is 0.691. The summed E-state index contributed by atoms with van der Waals surface area (Å²) in [5, 5.41) is 2.95. The molecule has 0 aliphatic carbocycles. The fourth-order valence-electron chi connectivity index (χ4n) is 3.90. The summed E-state index contributed by atoms with van der Waals surface area (Å²) < 4.78 is 5.22. The number of ether oxygens (including phenoxy) is 1. The van der Waals surface area contributed by atoms with E-state index in [2.05, 4.69) is 29.6 Å². The van der Waals surface area contributed by atoms with Crippen molar-refractivity contribution in [3.05, 3.63) is 90.0 Å². The molecule has 1 atom stereocenters. The summed E-state index contributed by atoms with van der Waals surface area (Å²) in [4.78, 5) is 27.3. The van der Waals surface area contributed by atoms with Crippen LogP contribution in [-0.4, -0.2) is 43.5 Å². The lowest BCUT2D eigenvalue weighted by atomic mass is 9.96. The fraction of sp³-hybridized carbons (Fsp3) is 0.231. The first-order valence-corrected chi connectivity index (χ1v) is 10.5. The first kappa shape index (κ1) is 20.7. The number of carbonyl (C=O) groups is 2. The SMILES string of the molecule is COc1ccc(-c2ccc(C[C@H]3CN(C(=O)c4ccccc4)CCNC3=O)cc2)cc1. The Morgan fingerprint density at radius 3 is 2.26 bits per heavy atom. The normalized spacial score (nSPS) is 16.4. The molecule has 31 heavy (non-hydrogen) atoms. The molecule has 0 saturated carbocycles. The van der Waals surface area contributed by atoms with Gasteiger partial charge in [-0.1, -0.05) is 54.6 Å². The van der Waals surface area contributed by atoms with Crippen molar-refractivity contribution in [2.24, 2.45) is 5.92 Å². The zero-order valence-corrected chi connectivity index (χ0v) is 17.6. The van der Waals surface area contributed by atoms with Gasteiger partial charge < -0.3 is 15.0 Å². The summed E-state index contributed by atoms with van der Waals surface area (Å²) in [7, 11) is 1.65. The molecule has 1 saturated heterocycles. The van der Waals surface area contributed by atoms with E-state index in [4.69, 9.17) is 4.74 Å². The van der Waals surface area contributed by atoms with Crippen LogP contribution in [0, 0.1) is 5.92 Å². The number of methoxy groups -OCH3 is 1. The third kappa shape index (κ3) is 4.94. The van der Waals surface area contributed by atoms with Gasteiger partial charge in [0, 0.05) is 25.2 Å². The van der Waals surface area contributed by atoms with Crippen molar-refractivity contribution >= 4 is 11.8 Å². The van der Waals surface area contributed by atoms with Crippen molar-refractivity contribution < 1.29 is 14.3 Å². The Morgan fingerprint density at radius 1 is 0.968 bits per heavy atom. The van der Waals surface area contributed by atoms with Gasteiger partial charge >= 0.3 is 0 Å². The molecule has 0 spiro atoms. The highest BCUT2D eigenvalue weighted by molar-refractivity contribution is 5.94. The Labute approximate surface area is 182 Å². The van der Waals surface area contributed by atoms with Gasteiger partial charge in [-0.05, 0) is 47.4 Å². The molecule has 0 radical (unpaired) electrons. The Bertz CT molecular complexity index is 1030. The van der Waals surface area contributed by atoms with E-state index >= 15 is 0 Å². The average molecular weight is 415 g/mol. The molecular weight excluding hydrogens is 388 g/mol. The molecule has 5 nitrogen and oxygen atoms in total. The van der Waals surface area contributed by atoms with Crippen molar-refractivity contribution in [3.8, 4) is 16.9 Å². The van der Waals surface area contributed by atoms with Crippen LogP contribution in [0.4, 0.5) is 0 Å². The van der Waals surface area contributed by atoms with E-state index in [1.54, 1.807) is 12.0 Å². The zero-order valence-electron chi connectivity index (χ0n) is 17.6. The summed E-state index contributed by atoms with van der Waals surface area (Å²) in [6.45, 7) is 1.41. The second-order valence-electron chi connectivity index (χ2n) is 7.73. The molecule has 2 amide bonds. The van der Waals surface area contributed by atoms with E-state index < -0.39 is 0 Å². The molecule has 158 valence electrons. The highest BCUT2D eigenvalue weighted by Crippen LogP contribution is 2.24. The van der Waals surface area contributed by atoms with Gasteiger partial charge in [0.2, 0.25) is 5.91 Å². The van der Waals surface area contributed by atoms with E-state index in [0.29, 0.717) is 31.6 Å².